The van der Waals surface area contributed by atoms with Gasteiger partial charge in [0.05, 0.1) is 43.9 Å². The number of aliphatic hydroxyl groups excluding tert-OH is 5. The van der Waals surface area contributed by atoms with Gasteiger partial charge in [0.2, 0.25) is 0 Å². The van der Waals surface area contributed by atoms with E-state index in [1.807, 2.05) is 0 Å². The minimum atomic E-state index is -1.45. The third kappa shape index (κ3) is 17.4. The molecular formula is C22H46N4O21. The average Bonchev–Trinajstić information content (AvgIpc) is 3.77. The minimum Gasteiger partial charge on any atom is -0.394 e. The third-order valence-corrected chi connectivity index (χ3v) is 6.53. The molecule has 2 fully saturated rings. The summed E-state index contributed by atoms with van der Waals surface area (Å²) in [4.78, 5) is 17.0. The van der Waals surface area contributed by atoms with Crippen LogP contribution in [-0.2, 0) is 32.5 Å². The Kier molecular flexibility index (Phi) is 34.9. The van der Waals surface area contributed by atoms with Gasteiger partial charge in [-0.05, 0) is 12.8 Å². The monoisotopic (exact) mass is 702 g/mol. The van der Waals surface area contributed by atoms with Crippen molar-refractivity contribution in [3.8, 4) is 0 Å². The molecule has 3 aliphatic rings. The standard InChI is InChI=1S/C21H30N4O8.CH4.H2O3.5H2O2/c26-8-18-20(30)21(31)19(29)17(33-18)4-13-3-12(5-22-13)16(28)7-25-14(6-23-24-25)10-32-9-11-1-2-15(11)27;;1-3-2;5*1-2/h5-6,11,15,17-21,26-27,29-31H,1-4,7-10H2;1H4;1-2H;5*1-2H. The molecule has 0 radical (unpaired) electrons. The van der Waals surface area contributed by atoms with Crippen LogP contribution in [0.25, 0.3) is 0 Å². The highest BCUT2D eigenvalue weighted by Gasteiger charge is 2.43. The quantitative estimate of drug-likeness (QED) is 0.100. The van der Waals surface area contributed by atoms with E-state index in [4.69, 9.17) is 72.6 Å². The molecule has 0 bridgehead atoms. The van der Waals surface area contributed by atoms with Crippen molar-refractivity contribution in [2.45, 2.75) is 82.9 Å². The number of aliphatic hydroxyl groups is 5. The van der Waals surface area contributed by atoms with Crippen LogP contribution in [0.3, 0.4) is 0 Å². The normalized spacial score (nSPS) is 24.9. The van der Waals surface area contributed by atoms with Crippen molar-refractivity contribution in [1.29, 1.82) is 0 Å². The molecule has 0 aromatic carbocycles. The van der Waals surface area contributed by atoms with Gasteiger partial charge in [-0.15, -0.1) is 5.10 Å². The molecule has 280 valence electrons. The molecular weight excluding hydrogens is 656 g/mol. The topological polar surface area (TPSA) is 432 Å². The molecule has 0 amide bonds. The van der Waals surface area contributed by atoms with Crippen LogP contribution in [0.5, 0.6) is 0 Å². The molecule has 7 unspecified atom stereocenters. The second-order valence-electron chi connectivity index (χ2n) is 8.91. The van der Waals surface area contributed by atoms with Gasteiger partial charge in [-0.1, -0.05) is 17.7 Å². The molecule has 25 nitrogen and oxygen atoms in total. The highest BCUT2D eigenvalue weighted by molar-refractivity contribution is 6.04. The van der Waals surface area contributed by atoms with Gasteiger partial charge in [-0.2, -0.15) is 0 Å². The number of carbonyl (C=O) groups is 1. The van der Waals surface area contributed by atoms with E-state index >= 15 is 0 Å². The Labute approximate surface area is 265 Å². The van der Waals surface area contributed by atoms with Crippen molar-refractivity contribution in [3.63, 3.8) is 0 Å². The second-order valence-corrected chi connectivity index (χ2v) is 8.91. The number of ketones is 1. The minimum absolute atomic E-state index is 0. The summed E-state index contributed by atoms with van der Waals surface area (Å²) in [5, 5.41) is 132. The third-order valence-electron chi connectivity index (χ3n) is 6.53. The first-order valence-electron chi connectivity index (χ1n) is 12.4. The largest absolute Gasteiger partial charge is 0.394 e. The zero-order chi connectivity index (χ0) is 36.2. The fourth-order valence-electron chi connectivity index (χ4n) is 4.18. The van der Waals surface area contributed by atoms with Crippen LogP contribution in [0.15, 0.2) is 23.0 Å². The van der Waals surface area contributed by atoms with Gasteiger partial charge >= 0.3 is 0 Å². The number of nitrogens with zero attached hydrogens (tertiary/aromatic N) is 4. The molecule has 2 aliphatic heterocycles. The number of hydrogen-bond donors (Lipinski definition) is 17. The molecule has 4 rings (SSSR count). The fraction of sp³-hybridized carbons (Fsp3) is 0.727. The Bertz CT molecular complexity index is 936. The van der Waals surface area contributed by atoms with Crippen molar-refractivity contribution in [2.75, 3.05) is 13.2 Å². The van der Waals surface area contributed by atoms with Crippen LogP contribution in [0.4, 0.5) is 0 Å². The maximum atomic E-state index is 12.8. The summed E-state index contributed by atoms with van der Waals surface area (Å²) >= 11 is 0. The van der Waals surface area contributed by atoms with E-state index < -0.39 is 37.1 Å². The smallest absolute Gasteiger partial charge is 0.182 e. The molecule has 1 saturated heterocycles. The maximum absolute atomic E-state index is 12.8. The molecule has 47 heavy (non-hydrogen) atoms. The first-order chi connectivity index (χ1) is 22.3. The lowest BCUT2D eigenvalue weighted by Gasteiger charge is -2.40. The predicted molar refractivity (Wildman–Crippen MR) is 151 cm³/mol. The Balaban J connectivity index is -0.000000587. The Morgan fingerprint density at radius 2 is 1.45 bits per heavy atom. The van der Waals surface area contributed by atoms with Crippen molar-refractivity contribution in [3.05, 3.63) is 23.7 Å². The number of allylic oxidation sites excluding steroid dienone is 1. The Morgan fingerprint density at radius 1 is 0.894 bits per heavy atom. The van der Waals surface area contributed by atoms with E-state index in [-0.39, 0.29) is 51.2 Å². The SMILES string of the molecule is C.O=C(Cn1nncc1COCC1CCC1O)C1=CN=C(CC2OC(CO)C(O)C(O)C2O)C1.OO.OO.OO.OO.OO.OOO. The summed E-state index contributed by atoms with van der Waals surface area (Å²) in [7, 11) is 0. The number of Topliss-reactive ketones (excluding diaryl/α,β-unsaturated/α-hetero) is 1. The first kappa shape index (κ1) is 51.3. The summed E-state index contributed by atoms with van der Waals surface area (Å²) < 4.78 is 12.6. The van der Waals surface area contributed by atoms with E-state index in [9.17, 15) is 30.3 Å². The second kappa shape index (κ2) is 32.0. The number of aliphatic imine (C=N–C) groups is 1. The number of hydrogen-bond acceptors (Lipinski definition) is 24. The summed E-state index contributed by atoms with van der Waals surface area (Å²) in [5.74, 6) is -0.0393. The van der Waals surface area contributed by atoms with E-state index in [0.29, 0.717) is 23.6 Å². The molecule has 17 N–H and O–H groups in total. The zero-order valence-electron chi connectivity index (χ0n) is 23.9. The molecule has 1 saturated carbocycles. The Hall–Kier alpha value is -2.58. The first-order valence-corrected chi connectivity index (χ1v) is 12.4. The molecule has 1 aromatic heterocycles. The van der Waals surface area contributed by atoms with Crippen molar-refractivity contribution in [2.24, 2.45) is 10.9 Å². The van der Waals surface area contributed by atoms with E-state index in [2.05, 4.69) is 20.3 Å². The molecule has 7 atom stereocenters. The maximum Gasteiger partial charge on any atom is 0.182 e. The molecule has 3 heterocycles. The molecule has 25 heteroatoms. The molecule has 0 spiro atoms. The lowest BCUT2D eigenvalue weighted by atomic mass is 9.83. The van der Waals surface area contributed by atoms with Crippen molar-refractivity contribution < 1.29 is 108 Å². The predicted octanol–water partition coefficient (Wildman–Crippen LogP) is -1.23. The van der Waals surface area contributed by atoms with Crippen LogP contribution in [0.1, 0.15) is 38.8 Å². The summed E-state index contributed by atoms with van der Waals surface area (Å²) in [5.41, 5.74) is 1.71. The van der Waals surface area contributed by atoms with Crippen LogP contribution < -0.4 is 0 Å². The lowest BCUT2D eigenvalue weighted by molar-refractivity contribution is -0.465. The van der Waals surface area contributed by atoms with Gasteiger partial charge in [0.25, 0.3) is 0 Å². The van der Waals surface area contributed by atoms with Crippen LogP contribution >= 0.6 is 0 Å². The Morgan fingerprint density at radius 3 is 1.94 bits per heavy atom. The van der Waals surface area contributed by atoms with Crippen molar-refractivity contribution >= 4 is 11.5 Å². The fourth-order valence-corrected chi connectivity index (χ4v) is 4.18. The number of rotatable bonds is 10. The molecule has 1 aliphatic carbocycles. The van der Waals surface area contributed by atoms with Gasteiger partial charge in [0.1, 0.15) is 31.0 Å². The highest BCUT2D eigenvalue weighted by Crippen LogP contribution is 2.28. The van der Waals surface area contributed by atoms with E-state index in [0.717, 1.165) is 12.8 Å². The van der Waals surface area contributed by atoms with Gasteiger partial charge in [-0.3, -0.25) is 62.4 Å². The highest BCUT2D eigenvalue weighted by atomic mass is 17.4. The van der Waals surface area contributed by atoms with E-state index in [1.54, 1.807) is 0 Å². The van der Waals surface area contributed by atoms with Crippen LogP contribution in [-0.4, -0.2) is 165 Å². The number of carbonyl (C=O) groups excluding carboxylic acids is 1. The van der Waals surface area contributed by atoms with Crippen LogP contribution in [0, 0.1) is 5.92 Å². The lowest BCUT2D eigenvalue weighted by Crippen LogP contribution is -2.58. The summed E-state index contributed by atoms with van der Waals surface area (Å²) in [6.45, 7) is 0.155. The van der Waals surface area contributed by atoms with Crippen LogP contribution in [0.2, 0.25) is 0 Å². The van der Waals surface area contributed by atoms with Gasteiger partial charge in [0, 0.05) is 36.2 Å². The number of aromatic nitrogens is 3. The van der Waals surface area contributed by atoms with Gasteiger partial charge in [0.15, 0.2) is 5.78 Å². The zero-order valence-corrected chi connectivity index (χ0v) is 23.9. The van der Waals surface area contributed by atoms with E-state index in [1.165, 1.54) is 17.1 Å². The van der Waals surface area contributed by atoms with Crippen molar-refractivity contribution in [1.82, 2.24) is 15.0 Å². The number of ether oxygens (including phenoxy) is 2. The molecule has 1 aromatic rings. The van der Waals surface area contributed by atoms with Gasteiger partial charge in [-0.25, -0.2) is 15.2 Å². The average molecular weight is 703 g/mol. The van der Waals surface area contributed by atoms with Gasteiger partial charge < -0.3 is 35.0 Å². The summed E-state index contributed by atoms with van der Waals surface area (Å²) in [6.07, 6.45) is -1.21. The summed E-state index contributed by atoms with van der Waals surface area (Å²) in [6, 6.07) is 0.